The Kier molecular flexibility index (Phi) is 4.78. The van der Waals surface area contributed by atoms with E-state index in [4.69, 9.17) is 9.97 Å². The van der Waals surface area contributed by atoms with Gasteiger partial charge in [0.25, 0.3) is 0 Å². The molecule has 0 saturated carbocycles. The fourth-order valence-corrected chi connectivity index (χ4v) is 4.45. The fraction of sp³-hybridized carbons (Fsp3) is 0.400. The minimum atomic E-state index is 0.665. The Labute approximate surface area is 158 Å². The maximum atomic E-state index is 5.00. The Balaban J connectivity index is 1.71. The van der Waals surface area contributed by atoms with E-state index in [1.54, 1.807) is 11.3 Å². The van der Waals surface area contributed by atoms with Gasteiger partial charge in [0.1, 0.15) is 0 Å². The van der Waals surface area contributed by atoms with Gasteiger partial charge in [-0.25, -0.2) is 9.97 Å². The van der Waals surface area contributed by atoms with Crippen LogP contribution in [0, 0.1) is 0 Å². The van der Waals surface area contributed by atoms with Gasteiger partial charge in [0, 0.05) is 37.4 Å². The minimum Gasteiger partial charge on any atom is -0.388 e. The smallest absolute Gasteiger partial charge is 0.162 e. The number of fused-ring (bicyclic) bond motifs is 1. The highest BCUT2D eigenvalue weighted by Gasteiger charge is 2.24. The maximum Gasteiger partial charge on any atom is 0.162 e. The number of aromatic nitrogens is 2. The number of anilines is 2. The Morgan fingerprint density at radius 1 is 1.15 bits per heavy atom. The van der Waals surface area contributed by atoms with Crippen molar-refractivity contribution in [2.24, 2.45) is 0 Å². The number of benzene rings is 1. The van der Waals surface area contributed by atoms with E-state index in [0.717, 1.165) is 41.5 Å². The highest BCUT2D eigenvalue weighted by molar-refractivity contribution is 7.17. The molecule has 0 amide bonds. The summed E-state index contributed by atoms with van der Waals surface area (Å²) in [5.41, 5.74) is 3.17. The highest BCUT2D eigenvalue weighted by atomic mass is 32.1. The topological polar surface area (TPSA) is 44.3 Å². The normalized spacial score (nSPS) is 15.8. The van der Waals surface area contributed by atoms with Gasteiger partial charge in [0.2, 0.25) is 0 Å². The second-order valence-electron chi connectivity index (χ2n) is 7.02. The summed E-state index contributed by atoms with van der Waals surface area (Å²) in [4.78, 5) is 14.6. The fourth-order valence-electron chi connectivity index (χ4n) is 3.60. The van der Waals surface area contributed by atoms with Crippen LogP contribution in [0.25, 0.3) is 21.6 Å². The Morgan fingerprint density at radius 2 is 1.96 bits per heavy atom. The summed E-state index contributed by atoms with van der Waals surface area (Å²) in [6.45, 7) is 2.09. The van der Waals surface area contributed by atoms with Crippen LogP contribution in [0.2, 0.25) is 0 Å². The van der Waals surface area contributed by atoms with Crippen LogP contribution in [0.15, 0.2) is 35.7 Å². The molecule has 0 radical (unpaired) electrons. The van der Waals surface area contributed by atoms with E-state index < -0.39 is 0 Å². The van der Waals surface area contributed by atoms with Crippen molar-refractivity contribution in [1.29, 1.82) is 0 Å². The standard InChI is InChI=1S/C20H25N5S/c1-21-15-6-4-5-14(13-15)19-22-17-9-12-26-18(17)20(23-19)25-10-7-16(8-11-25)24(2)3/h4-6,9,12-13,16,21H,7-8,10-11H2,1-3H3. The predicted molar refractivity (Wildman–Crippen MR) is 111 cm³/mol. The van der Waals surface area contributed by atoms with Gasteiger partial charge < -0.3 is 15.1 Å². The van der Waals surface area contributed by atoms with Crippen LogP contribution in [0.5, 0.6) is 0 Å². The Bertz CT molecular complexity index is 896. The highest BCUT2D eigenvalue weighted by Crippen LogP contribution is 2.33. The van der Waals surface area contributed by atoms with Gasteiger partial charge in [-0.15, -0.1) is 11.3 Å². The minimum absolute atomic E-state index is 0.665. The van der Waals surface area contributed by atoms with Gasteiger partial charge in [0.15, 0.2) is 11.6 Å². The molecule has 0 atom stereocenters. The molecule has 0 unspecified atom stereocenters. The lowest BCUT2D eigenvalue weighted by Gasteiger charge is -2.36. The first kappa shape index (κ1) is 17.2. The summed E-state index contributed by atoms with van der Waals surface area (Å²) in [6.07, 6.45) is 2.35. The number of piperidine rings is 1. The van der Waals surface area contributed by atoms with Crippen molar-refractivity contribution in [3.63, 3.8) is 0 Å². The average molecular weight is 368 g/mol. The largest absolute Gasteiger partial charge is 0.388 e. The summed E-state index contributed by atoms with van der Waals surface area (Å²) in [5, 5.41) is 5.31. The molecule has 3 aromatic rings. The second-order valence-corrected chi connectivity index (χ2v) is 7.93. The van der Waals surface area contributed by atoms with Crippen molar-refractivity contribution in [3.8, 4) is 11.4 Å². The van der Waals surface area contributed by atoms with Crippen LogP contribution in [-0.2, 0) is 0 Å². The molecule has 4 rings (SSSR count). The van der Waals surface area contributed by atoms with E-state index in [2.05, 4.69) is 58.9 Å². The van der Waals surface area contributed by atoms with Crippen molar-refractivity contribution in [2.45, 2.75) is 18.9 Å². The monoisotopic (exact) mass is 367 g/mol. The van der Waals surface area contributed by atoms with Gasteiger partial charge in [0.05, 0.1) is 10.2 Å². The van der Waals surface area contributed by atoms with Gasteiger partial charge in [-0.05, 0) is 50.5 Å². The molecule has 1 N–H and O–H groups in total. The molecule has 26 heavy (non-hydrogen) atoms. The first-order valence-corrected chi connectivity index (χ1v) is 9.98. The molecule has 1 aliphatic heterocycles. The van der Waals surface area contributed by atoms with E-state index in [9.17, 15) is 0 Å². The second kappa shape index (κ2) is 7.21. The molecular weight excluding hydrogens is 342 g/mol. The average Bonchev–Trinajstić information content (AvgIpc) is 3.16. The van der Waals surface area contributed by atoms with Crippen LogP contribution >= 0.6 is 11.3 Å². The molecule has 1 aliphatic rings. The number of rotatable bonds is 4. The van der Waals surface area contributed by atoms with Crippen molar-refractivity contribution in [3.05, 3.63) is 35.7 Å². The van der Waals surface area contributed by atoms with E-state index in [1.165, 1.54) is 17.5 Å². The zero-order valence-electron chi connectivity index (χ0n) is 15.6. The van der Waals surface area contributed by atoms with Crippen LogP contribution in [0.3, 0.4) is 0 Å². The Morgan fingerprint density at radius 3 is 2.69 bits per heavy atom. The summed E-state index contributed by atoms with van der Waals surface area (Å²) in [7, 11) is 6.28. The summed E-state index contributed by atoms with van der Waals surface area (Å²) in [5.74, 6) is 1.89. The van der Waals surface area contributed by atoms with Gasteiger partial charge in [-0.2, -0.15) is 0 Å². The van der Waals surface area contributed by atoms with Gasteiger partial charge in [-0.3, -0.25) is 0 Å². The Hall–Kier alpha value is -2.18. The van der Waals surface area contributed by atoms with Crippen LogP contribution in [-0.4, -0.2) is 55.1 Å². The zero-order chi connectivity index (χ0) is 18.1. The lowest BCUT2D eigenvalue weighted by Crippen LogP contribution is -2.42. The SMILES string of the molecule is CNc1cccc(-c2nc(N3CCC(N(C)C)CC3)c3sccc3n2)c1. The maximum absolute atomic E-state index is 5.00. The van der Waals surface area contributed by atoms with Crippen LogP contribution < -0.4 is 10.2 Å². The molecule has 0 aliphatic carbocycles. The molecule has 1 fully saturated rings. The van der Waals surface area contributed by atoms with E-state index in [1.807, 2.05) is 13.1 Å². The molecule has 6 heteroatoms. The van der Waals surface area contributed by atoms with Crippen molar-refractivity contribution < 1.29 is 0 Å². The van der Waals surface area contributed by atoms with Gasteiger partial charge in [-0.1, -0.05) is 12.1 Å². The molecule has 1 aromatic carbocycles. The van der Waals surface area contributed by atoms with Gasteiger partial charge >= 0.3 is 0 Å². The summed E-state index contributed by atoms with van der Waals surface area (Å²) in [6, 6.07) is 11.1. The molecule has 2 aromatic heterocycles. The number of nitrogens with zero attached hydrogens (tertiary/aromatic N) is 4. The number of hydrogen-bond acceptors (Lipinski definition) is 6. The molecule has 136 valence electrons. The van der Waals surface area contributed by atoms with Crippen molar-refractivity contribution >= 4 is 33.1 Å². The predicted octanol–water partition coefficient (Wildman–Crippen LogP) is 3.93. The number of nitrogens with one attached hydrogen (secondary N) is 1. The van der Waals surface area contributed by atoms with Crippen LogP contribution in [0.1, 0.15) is 12.8 Å². The lowest BCUT2D eigenvalue weighted by molar-refractivity contribution is 0.249. The third-order valence-corrected chi connectivity index (χ3v) is 6.09. The molecule has 0 bridgehead atoms. The molecule has 3 heterocycles. The number of thiophene rings is 1. The molecule has 0 spiro atoms. The van der Waals surface area contributed by atoms with E-state index in [0.29, 0.717) is 6.04 Å². The molecule has 1 saturated heterocycles. The quantitative estimate of drug-likeness (QED) is 0.757. The molecular formula is C20H25N5S. The molecule has 5 nitrogen and oxygen atoms in total. The van der Waals surface area contributed by atoms with E-state index in [-0.39, 0.29) is 0 Å². The third kappa shape index (κ3) is 3.27. The van der Waals surface area contributed by atoms with Crippen molar-refractivity contribution in [2.75, 3.05) is 44.4 Å². The number of hydrogen-bond donors (Lipinski definition) is 1. The first-order valence-electron chi connectivity index (χ1n) is 9.10. The zero-order valence-corrected chi connectivity index (χ0v) is 16.4. The summed E-state index contributed by atoms with van der Waals surface area (Å²) < 4.78 is 1.20. The third-order valence-electron chi connectivity index (χ3n) is 5.19. The summed E-state index contributed by atoms with van der Waals surface area (Å²) >= 11 is 1.74. The van der Waals surface area contributed by atoms with E-state index >= 15 is 0 Å². The first-order chi connectivity index (χ1) is 12.7. The van der Waals surface area contributed by atoms with Crippen molar-refractivity contribution in [1.82, 2.24) is 14.9 Å². The lowest BCUT2D eigenvalue weighted by atomic mass is 10.0. The van der Waals surface area contributed by atoms with Crippen LogP contribution in [0.4, 0.5) is 11.5 Å².